The van der Waals surface area contributed by atoms with Gasteiger partial charge in [0.15, 0.2) is 11.6 Å². The number of carbonyl (C=O) groups is 2. The van der Waals surface area contributed by atoms with Crippen LogP contribution in [0, 0.1) is 11.6 Å². The van der Waals surface area contributed by atoms with E-state index in [-0.39, 0.29) is 28.9 Å². The number of anilines is 1. The van der Waals surface area contributed by atoms with Crippen molar-refractivity contribution in [3.05, 3.63) is 107 Å². The SMILES string of the molecule is C=IC(F)(F)c1ccc(NC(=O)C2=C(O)C3(C)CCCN3N(Cc3cccc(F)c3F)C2=O)c(-c2cnc3ccccc3c2)c1. The summed E-state index contributed by atoms with van der Waals surface area (Å²) >= 11 is -1.75. The molecular weight excluding hydrogens is 703 g/mol. The van der Waals surface area contributed by atoms with Crippen LogP contribution in [0.1, 0.15) is 30.9 Å². The van der Waals surface area contributed by atoms with Crippen molar-refractivity contribution in [2.24, 2.45) is 0 Å². The lowest BCUT2D eigenvalue weighted by molar-refractivity contribution is -0.160. The minimum absolute atomic E-state index is 0.102. The fraction of sp³-hybridized carbons (Fsp3) is 0.212. The Morgan fingerprint density at radius 3 is 2.69 bits per heavy atom. The van der Waals surface area contributed by atoms with Crippen molar-refractivity contribution >= 4 is 53.7 Å². The number of rotatable bonds is 7. The average molecular weight is 731 g/mol. The molecule has 2 N–H and O–H groups in total. The second kappa shape index (κ2) is 11.6. The lowest BCUT2D eigenvalue weighted by atomic mass is 9.90. The van der Waals surface area contributed by atoms with E-state index in [0.717, 1.165) is 16.5 Å². The molecule has 3 aromatic carbocycles. The van der Waals surface area contributed by atoms with Gasteiger partial charge in [0, 0.05) is 46.1 Å². The zero-order valence-corrected chi connectivity index (χ0v) is 26.1. The van der Waals surface area contributed by atoms with E-state index < -0.39 is 65.0 Å². The fourth-order valence-electron chi connectivity index (χ4n) is 5.93. The van der Waals surface area contributed by atoms with Gasteiger partial charge in [-0.3, -0.25) is 19.6 Å². The van der Waals surface area contributed by atoms with E-state index in [1.165, 1.54) is 36.5 Å². The van der Waals surface area contributed by atoms with E-state index in [1.54, 1.807) is 24.1 Å². The Hall–Kier alpha value is -4.17. The van der Waals surface area contributed by atoms with Crippen molar-refractivity contribution in [1.82, 2.24) is 15.0 Å². The molecule has 7 nitrogen and oxygen atoms in total. The van der Waals surface area contributed by atoms with Gasteiger partial charge >= 0.3 is 3.93 Å². The molecule has 2 amide bonds. The highest BCUT2D eigenvalue weighted by Crippen LogP contribution is 2.44. The second-order valence-corrected chi connectivity index (χ2v) is 13.2. The van der Waals surface area contributed by atoms with Crippen LogP contribution in [-0.4, -0.2) is 48.5 Å². The fourth-order valence-corrected chi connectivity index (χ4v) is 6.70. The highest BCUT2D eigenvalue weighted by Gasteiger charge is 2.52. The summed E-state index contributed by atoms with van der Waals surface area (Å²) in [6.45, 7) is 1.62. The number of aromatic nitrogens is 1. The zero-order chi connectivity index (χ0) is 32.1. The first-order valence-electron chi connectivity index (χ1n) is 14.0. The topological polar surface area (TPSA) is 85.8 Å². The number of amides is 2. The molecule has 0 spiro atoms. The van der Waals surface area contributed by atoms with Crippen molar-refractivity contribution in [3.63, 3.8) is 0 Å². The lowest BCUT2D eigenvalue weighted by Crippen LogP contribution is -2.60. The number of benzene rings is 3. The Kier molecular flexibility index (Phi) is 7.98. The first-order chi connectivity index (χ1) is 21.4. The number of carbonyl (C=O) groups excluding carboxylic acids is 2. The first-order valence-corrected chi connectivity index (χ1v) is 16.6. The highest BCUT2D eigenvalue weighted by molar-refractivity contribution is 14.2. The van der Waals surface area contributed by atoms with Crippen LogP contribution in [0.3, 0.4) is 0 Å². The van der Waals surface area contributed by atoms with Crippen molar-refractivity contribution in [1.29, 1.82) is 0 Å². The number of aliphatic hydroxyl groups is 1. The Bertz CT molecular complexity index is 1920. The maximum Gasteiger partial charge on any atom is 0.316 e. The van der Waals surface area contributed by atoms with Crippen molar-refractivity contribution in [3.8, 4) is 11.1 Å². The van der Waals surface area contributed by atoms with E-state index in [4.69, 9.17) is 0 Å². The number of nitrogens with zero attached hydrogens (tertiary/aromatic N) is 3. The van der Waals surface area contributed by atoms with Gasteiger partial charge in [-0.15, -0.1) is 0 Å². The maximum absolute atomic E-state index is 14.8. The summed E-state index contributed by atoms with van der Waals surface area (Å²) in [4.78, 5) is 32.2. The number of hydrogen-bond acceptors (Lipinski definition) is 5. The van der Waals surface area contributed by atoms with Crippen LogP contribution >= 0.6 is 20.7 Å². The predicted octanol–water partition coefficient (Wildman–Crippen LogP) is 7.19. The molecule has 0 radical (unpaired) electrons. The van der Waals surface area contributed by atoms with E-state index in [1.807, 2.05) is 18.2 Å². The third-order valence-electron chi connectivity index (χ3n) is 8.33. The normalized spacial score (nSPS) is 18.9. The van der Waals surface area contributed by atoms with Crippen molar-refractivity contribution < 1.29 is 32.3 Å². The van der Waals surface area contributed by atoms with E-state index in [2.05, 4.69) is 14.8 Å². The number of hydrogen-bond donors (Lipinski definition) is 2. The van der Waals surface area contributed by atoms with Crippen molar-refractivity contribution in [2.45, 2.75) is 35.8 Å². The molecule has 3 heterocycles. The molecule has 0 saturated carbocycles. The highest BCUT2D eigenvalue weighted by atomic mass is 127. The van der Waals surface area contributed by atoms with Crippen LogP contribution in [-0.2, 0) is 20.1 Å². The molecule has 1 unspecified atom stereocenters. The number of nitrogens with one attached hydrogen (secondary N) is 1. The Labute approximate surface area is 265 Å². The summed E-state index contributed by atoms with van der Waals surface area (Å²) in [5.41, 5.74) is -0.666. The standard InChI is InChI=1S/C33H27F4IN4O3/c1-32-13-6-14-42(32)41(18-20-8-5-9-24(34)28(20)35)31(45)27(29(32)43)30(44)40-26-12-11-22(33(36,37)38-2)16-23(26)21-15-19-7-3-4-10-25(19)39-17-21/h3-5,7-12,15-17,43H,2,6,13-14,18H2,1H3,(H,40,44). The molecule has 6 rings (SSSR count). The molecule has 2 aliphatic heterocycles. The molecule has 232 valence electrons. The van der Waals surface area contributed by atoms with E-state index in [9.17, 15) is 32.3 Å². The van der Waals surface area contributed by atoms with E-state index >= 15 is 0 Å². The molecule has 1 saturated heterocycles. The van der Waals surface area contributed by atoms with Crippen LogP contribution in [0.15, 0.2) is 84.3 Å². The number of halogens is 5. The molecule has 0 aliphatic carbocycles. The molecule has 4 aromatic rings. The molecule has 1 atom stereocenters. The van der Waals surface area contributed by atoms with Gasteiger partial charge in [0.25, 0.3) is 11.8 Å². The van der Waals surface area contributed by atoms with E-state index in [0.29, 0.717) is 30.5 Å². The summed E-state index contributed by atoms with van der Waals surface area (Å²) in [6, 6.07) is 16.4. The van der Waals surface area contributed by atoms with Crippen LogP contribution in [0.2, 0.25) is 0 Å². The lowest BCUT2D eigenvalue weighted by Gasteiger charge is -2.46. The molecule has 0 bridgehead atoms. The molecule has 1 fully saturated rings. The third kappa shape index (κ3) is 5.39. The Balaban J connectivity index is 1.41. The van der Waals surface area contributed by atoms with Gasteiger partial charge in [-0.2, -0.15) is 8.78 Å². The largest absolute Gasteiger partial charge is 0.509 e. The quantitative estimate of drug-likeness (QED) is 0.0911. The van der Waals surface area contributed by atoms with Gasteiger partial charge in [0.2, 0.25) is 0 Å². The van der Waals surface area contributed by atoms with Gasteiger partial charge in [0.05, 0.1) is 17.6 Å². The maximum atomic E-state index is 14.8. The average Bonchev–Trinajstić information content (AvgIpc) is 3.44. The van der Waals surface area contributed by atoms with Gasteiger partial charge in [0.1, 0.15) is 11.3 Å². The Morgan fingerprint density at radius 1 is 1.13 bits per heavy atom. The summed E-state index contributed by atoms with van der Waals surface area (Å²) in [6.07, 6.45) is 2.45. The van der Waals surface area contributed by atoms with Gasteiger partial charge in [-0.1, -0.05) is 40.9 Å². The van der Waals surface area contributed by atoms with Crippen LogP contribution in [0.25, 0.3) is 22.0 Å². The molecule has 2 aliphatic rings. The van der Waals surface area contributed by atoms with Gasteiger partial charge < -0.3 is 10.4 Å². The van der Waals surface area contributed by atoms with Crippen LogP contribution in [0.5, 0.6) is 0 Å². The summed E-state index contributed by atoms with van der Waals surface area (Å²) in [7, 11) is 0. The van der Waals surface area contributed by atoms with Crippen LogP contribution in [0.4, 0.5) is 23.2 Å². The number of hydrazine groups is 1. The minimum Gasteiger partial charge on any atom is -0.509 e. The zero-order valence-electron chi connectivity index (χ0n) is 24.0. The Morgan fingerprint density at radius 2 is 1.91 bits per heavy atom. The van der Waals surface area contributed by atoms with Gasteiger partial charge in [-0.05, 0) is 70.8 Å². The van der Waals surface area contributed by atoms with Crippen molar-refractivity contribution in [2.75, 3.05) is 11.9 Å². The monoisotopic (exact) mass is 730 g/mol. The number of fused-ring (bicyclic) bond motifs is 2. The molecule has 45 heavy (non-hydrogen) atoms. The summed E-state index contributed by atoms with van der Waals surface area (Å²) in [5, 5.41) is 17.5. The smallest absolute Gasteiger partial charge is 0.316 e. The number of aliphatic hydroxyl groups excluding tert-OH is 1. The number of para-hydroxylation sites is 1. The molecule has 1 aromatic heterocycles. The molecular formula is C33H27F4IN4O3. The minimum atomic E-state index is -3.15. The first kappa shape index (κ1) is 30.8. The van der Waals surface area contributed by atoms with Crippen LogP contribution < -0.4 is 5.32 Å². The summed E-state index contributed by atoms with van der Waals surface area (Å²) in [5.74, 6) is -4.55. The van der Waals surface area contributed by atoms with Gasteiger partial charge in [-0.25, -0.2) is 13.8 Å². The predicted molar refractivity (Wildman–Crippen MR) is 172 cm³/mol. The molecule has 12 heteroatoms. The number of alkyl halides is 3. The number of pyridine rings is 1. The second-order valence-electron chi connectivity index (χ2n) is 11.1. The summed E-state index contributed by atoms with van der Waals surface area (Å²) < 4.78 is 58.6. The third-order valence-corrected chi connectivity index (χ3v) is 9.91.